The van der Waals surface area contributed by atoms with Gasteiger partial charge in [0.2, 0.25) is 0 Å². The maximum atomic E-state index is 13.4. The average molecular weight is 538 g/mol. The number of Topliss-reactive ketones (excluding diaryl/α,β-unsaturated/α-hetero) is 1. The highest BCUT2D eigenvalue weighted by molar-refractivity contribution is 6.05. The standard InChI is InChI=1S/C27H34F3N3O5/c1-17(18-13-20(36-5)16-21(14-18)37-6)31-23-15-19(7-8-22(23)24(34)27(28,29)30)32-9-11-33(12-10-32)25(35)38-26(2,3)4/h7-8,13-17,31H,9-12H2,1-6H3. The molecule has 3 rings (SSSR count). The van der Waals surface area contributed by atoms with Gasteiger partial charge in [0.25, 0.3) is 5.78 Å². The molecule has 1 aliphatic heterocycles. The molecule has 1 N–H and O–H groups in total. The summed E-state index contributed by atoms with van der Waals surface area (Å²) < 4.78 is 56.2. The quantitative estimate of drug-likeness (QED) is 0.455. The number of carbonyl (C=O) groups excluding carboxylic acids is 2. The van der Waals surface area contributed by atoms with Crippen LogP contribution in [-0.2, 0) is 4.74 Å². The van der Waals surface area contributed by atoms with Gasteiger partial charge in [-0.15, -0.1) is 0 Å². The zero-order valence-corrected chi connectivity index (χ0v) is 22.4. The highest BCUT2D eigenvalue weighted by atomic mass is 19.4. The zero-order chi connectivity index (χ0) is 28.3. The van der Waals surface area contributed by atoms with E-state index < -0.39 is 35.3 Å². The molecular formula is C27H34F3N3O5. The molecule has 1 saturated heterocycles. The van der Waals surface area contributed by atoms with E-state index in [0.29, 0.717) is 48.9 Å². The fraction of sp³-hybridized carbons (Fsp3) is 0.481. The molecule has 1 heterocycles. The third kappa shape index (κ3) is 7.23. The van der Waals surface area contributed by atoms with Crippen LogP contribution in [0.25, 0.3) is 0 Å². The summed E-state index contributed by atoms with van der Waals surface area (Å²) in [5.74, 6) is -0.885. The number of hydrogen-bond donors (Lipinski definition) is 1. The van der Waals surface area contributed by atoms with E-state index in [1.54, 1.807) is 50.8 Å². The maximum Gasteiger partial charge on any atom is 0.454 e. The Labute approximate surface area is 220 Å². The SMILES string of the molecule is COc1cc(OC)cc(C(C)Nc2cc(N3CCN(C(=O)OC(C)(C)C)CC3)ccc2C(=O)C(F)(F)F)c1. The van der Waals surface area contributed by atoms with E-state index in [-0.39, 0.29) is 5.69 Å². The number of benzene rings is 2. The lowest BCUT2D eigenvalue weighted by Crippen LogP contribution is -2.50. The molecule has 2 aromatic carbocycles. The van der Waals surface area contributed by atoms with Crippen molar-refractivity contribution in [2.45, 2.75) is 45.5 Å². The van der Waals surface area contributed by atoms with Gasteiger partial charge in [-0.2, -0.15) is 13.2 Å². The van der Waals surface area contributed by atoms with Gasteiger partial charge in [0.15, 0.2) is 0 Å². The molecule has 208 valence electrons. The van der Waals surface area contributed by atoms with Gasteiger partial charge in [-0.1, -0.05) is 0 Å². The summed E-state index contributed by atoms with van der Waals surface area (Å²) >= 11 is 0. The lowest BCUT2D eigenvalue weighted by Gasteiger charge is -2.37. The molecule has 0 aliphatic carbocycles. The molecule has 8 nitrogen and oxygen atoms in total. The van der Waals surface area contributed by atoms with Crippen molar-refractivity contribution in [3.8, 4) is 11.5 Å². The van der Waals surface area contributed by atoms with Crippen molar-refractivity contribution in [3.63, 3.8) is 0 Å². The number of nitrogens with one attached hydrogen (secondary N) is 1. The molecule has 1 fully saturated rings. The Morgan fingerprint density at radius 3 is 2.00 bits per heavy atom. The third-order valence-corrected chi connectivity index (χ3v) is 6.05. The number of carbonyl (C=O) groups is 2. The van der Waals surface area contributed by atoms with E-state index >= 15 is 0 Å². The summed E-state index contributed by atoms with van der Waals surface area (Å²) in [6.07, 6.45) is -5.44. The van der Waals surface area contributed by atoms with Crippen molar-refractivity contribution >= 4 is 23.3 Å². The number of anilines is 2. The second-order valence-corrected chi connectivity index (χ2v) is 10.0. The second-order valence-electron chi connectivity index (χ2n) is 10.0. The van der Waals surface area contributed by atoms with Gasteiger partial charge in [0.05, 0.1) is 19.8 Å². The van der Waals surface area contributed by atoms with Crippen LogP contribution in [0, 0.1) is 0 Å². The minimum absolute atomic E-state index is 0.0497. The van der Waals surface area contributed by atoms with Gasteiger partial charge in [0.1, 0.15) is 17.1 Å². The van der Waals surface area contributed by atoms with E-state index in [4.69, 9.17) is 14.2 Å². The number of ketones is 1. The lowest BCUT2D eigenvalue weighted by molar-refractivity contribution is -0.0884. The molecule has 11 heteroatoms. The van der Waals surface area contributed by atoms with Crippen LogP contribution in [0.2, 0.25) is 0 Å². The molecule has 1 atom stereocenters. The highest BCUT2D eigenvalue weighted by Crippen LogP contribution is 2.34. The van der Waals surface area contributed by atoms with Gasteiger partial charge in [0, 0.05) is 49.7 Å². The minimum Gasteiger partial charge on any atom is -0.497 e. The summed E-state index contributed by atoms with van der Waals surface area (Å²) in [6.45, 7) is 8.83. The maximum absolute atomic E-state index is 13.4. The minimum atomic E-state index is -5.03. The number of piperazine rings is 1. The fourth-order valence-electron chi connectivity index (χ4n) is 4.07. The Morgan fingerprint density at radius 1 is 0.921 bits per heavy atom. The van der Waals surface area contributed by atoms with Crippen LogP contribution in [0.3, 0.4) is 0 Å². The molecular weight excluding hydrogens is 503 g/mol. The molecule has 0 aromatic heterocycles. The van der Waals surface area contributed by atoms with Crippen LogP contribution < -0.4 is 19.7 Å². The smallest absolute Gasteiger partial charge is 0.454 e. The van der Waals surface area contributed by atoms with Crippen molar-refractivity contribution in [1.82, 2.24) is 4.90 Å². The van der Waals surface area contributed by atoms with Crippen molar-refractivity contribution in [2.75, 3.05) is 50.6 Å². The molecule has 38 heavy (non-hydrogen) atoms. The first-order valence-corrected chi connectivity index (χ1v) is 12.2. The van der Waals surface area contributed by atoms with Crippen LogP contribution in [-0.4, -0.2) is 69.0 Å². The summed E-state index contributed by atoms with van der Waals surface area (Å²) in [7, 11) is 3.01. The van der Waals surface area contributed by atoms with Crippen molar-refractivity contribution in [1.29, 1.82) is 0 Å². The van der Waals surface area contributed by atoms with E-state index in [1.165, 1.54) is 32.4 Å². The first kappa shape index (κ1) is 28.9. The van der Waals surface area contributed by atoms with Gasteiger partial charge in [-0.3, -0.25) is 4.79 Å². The van der Waals surface area contributed by atoms with Crippen LogP contribution in [0.15, 0.2) is 36.4 Å². The van der Waals surface area contributed by atoms with Gasteiger partial charge >= 0.3 is 12.3 Å². The van der Waals surface area contributed by atoms with E-state index in [0.717, 1.165) is 0 Å². The molecule has 2 aromatic rings. The third-order valence-electron chi connectivity index (χ3n) is 6.05. The van der Waals surface area contributed by atoms with E-state index in [9.17, 15) is 22.8 Å². The van der Waals surface area contributed by atoms with Crippen LogP contribution >= 0.6 is 0 Å². The number of hydrogen-bond acceptors (Lipinski definition) is 7. The Kier molecular flexibility index (Phi) is 8.68. The first-order valence-electron chi connectivity index (χ1n) is 12.2. The number of ether oxygens (including phenoxy) is 3. The number of amides is 1. The normalized spacial score (nSPS) is 15.1. The molecule has 0 radical (unpaired) electrons. The van der Waals surface area contributed by atoms with Gasteiger partial charge in [-0.25, -0.2) is 4.79 Å². The molecule has 0 saturated carbocycles. The van der Waals surface area contributed by atoms with E-state index in [1.807, 2.05) is 4.90 Å². The molecule has 1 unspecified atom stereocenters. The van der Waals surface area contributed by atoms with Crippen molar-refractivity contribution in [2.24, 2.45) is 0 Å². The zero-order valence-electron chi connectivity index (χ0n) is 22.4. The van der Waals surface area contributed by atoms with Crippen molar-refractivity contribution in [3.05, 3.63) is 47.5 Å². The highest BCUT2D eigenvalue weighted by Gasteiger charge is 2.40. The molecule has 0 spiro atoms. The topological polar surface area (TPSA) is 80.3 Å². The monoisotopic (exact) mass is 537 g/mol. The summed E-state index contributed by atoms with van der Waals surface area (Å²) in [6, 6.07) is 8.90. The van der Waals surface area contributed by atoms with Gasteiger partial charge in [-0.05, 0) is 63.6 Å². The predicted octanol–water partition coefficient (Wildman–Crippen LogP) is 5.68. The van der Waals surface area contributed by atoms with Crippen LogP contribution in [0.5, 0.6) is 11.5 Å². The number of rotatable bonds is 7. The Hall–Kier alpha value is -3.63. The number of halogens is 3. The number of nitrogens with zero attached hydrogens (tertiary/aromatic N) is 2. The fourth-order valence-corrected chi connectivity index (χ4v) is 4.07. The molecule has 1 aliphatic rings. The largest absolute Gasteiger partial charge is 0.497 e. The summed E-state index contributed by atoms with van der Waals surface area (Å²) in [5.41, 5.74) is 0.288. The second kappa shape index (κ2) is 11.4. The van der Waals surface area contributed by atoms with Gasteiger partial charge < -0.3 is 29.3 Å². The van der Waals surface area contributed by atoms with Crippen LogP contribution in [0.4, 0.5) is 29.3 Å². The lowest BCUT2D eigenvalue weighted by atomic mass is 10.0. The number of methoxy groups -OCH3 is 2. The Balaban J connectivity index is 1.86. The van der Waals surface area contributed by atoms with E-state index in [2.05, 4.69) is 5.32 Å². The summed E-state index contributed by atoms with van der Waals surface area (Å²) in [4.78, 5) is 28.2. The van der Waals surface area contributed by atoms with Crippen LogP contribution in [0.1, 0.15) is 49.7 Å². The predicted molar refractivity (Wildman–Crippen MR) is 138 cm³/mol. The Bertz CT molecular complexity index is 1130. The molecule has 0 bridgehead atoms. The first-order chi connectivity index (χ1) is 17.7. The van der Waals surface area contributed by atoms with Crippen molar-refractivity contribution < 1.29 is 37.0 Å². The summed E-state index contributed by atoms with van der Waals surface area (Å²) in [5, 5.41) is 3.07. The number of alkyl halides is 3. The molecule has 1 amide bonds. The average Bonchev–Trinajstić information content (AvgIpc) is 2.86. The Morgan fingerprint density at radius 2 is 1.50 bits per heavy atom.